The lowest BCUT2D eigenvalue weighted by Crippen LogP contribution is -2.29. The molecule has 2 aromatic carbocycles. The van der Waals surface area contributed by atoms with Gasteiger partial charge in [0.25, 0.3) is 5.91 Å². The summed E-state index contributed by atoms with van der Waals surface area (Å²) in [6.45, 7) is 3.30. The Hall–Kier alpha value is -2.21. The Labute approximate surface area is 180 Å². The average molecular weight is 426 g/mol. The quantitative estimate of drug-likeness (QED) is 0.557. The van der Waals surface area contributed by atoms with Gasteiger partial charge in [-0.2, -0.15) is 0 Å². The zero-order chi connectivity index (χ0) is 20.1. The number of thiazole rings is 1. The van der Waals surface area contributed by atoms with Gasteiger partial charge in [0.1, 0.15) is 0 Å². The van der Waals surface area contributed by atoms with E-state index in [4.69, 9.17) is 11.6 Å². The van der Waals surface area contributed by atoms with Gasteiger partial charge < -0.3 is 0 Å². The molecule has 150 valence electrons. The van der Waals surface area contributed by atoms with Crippen molar-refractivity contribution in [1.82, 2.24) is 9.88 Å². The Morgan fingerprint density at radius 2 is 1.83 bits per heavy atom. The van der Waals surface area contributed by atoms with E-state index in [1.54, 1.807) is 6.20 Å². The standard InChI is InChI=1S/C23H24ClN3OS/c24-21-7-3-2-6-19(21)14-20-15-25-23(29-20)26-22(28)18-10-8-17(9-11-18)16-27-12-4-1-5-13-27/h2-3,6-11,15H,1,4-5,12-14,16H2,(H,25,26,28). The fraction of sp³-hybridized carbons (Fsp3) is 0.304. The Morgan fingerprint density at radius 1 is 1.07 bits per heavy atom. The van der Waals surface area contributed by atoms with E-state index in [9.17, 15) is 4.79 Å². The molecule has 1 saturated heterocycles. The summed E-state index contributed by atoms with van der Waals surface area (Å²) in [6.07, 6.45) is 6.41. The van der Waals surface area contributed by atoms with E-state index in [2.05, 4.69) is 15.2 Å². The van der Waals surface area contributed by atoms with Gasteiger partial charge in [0.05, 0.1) is 0 Å². The minimum atomic E-state index is -0.131. The molecule has 0 aliphatic carbocycles. The number of carbonyl (C=O) groups excluding carboxylic acids is 1. The number of hydrogen-bond donors (Lipinski definition) is 1. The largest absolute Gasteiger partial charge is 0.299 e. The van der Waals surface area contributed by atoms with E-state index in [0.29, 0.717) is 17.1 Å². The number of benzene rings is 2. The maximum Gasteiger partial charge on any atom is 0.257 e. The first-order valence-corrected chi connectivity index (χ1v) is 11.2. The Morgan fingerprint density at radius 3 is 2.59 bits per heavy atom. The minimum absolute atomic E-state index is 0.131. The molecule has 0 bridgehead atoms. The van der Waals surface area contributed by atoms with Gasteiger partial charge in [-0.3, -0.25) is 15.0 Å². The first kappa shape index (κ1) is 20.1. The number of likely N-dealkylation sites (tertiary alicyclic amines) is 1. The highest BCUT2D eigenvalue weighted by Crippen LogP contribution is 2.25. The maximum atomic E-state index is 12.6. The molecule has 3 aromatic rings. The molecular formula is C23H24ClN3OS. The summed E-state index contributed by atoms with van der Waals surface area (Å²) in [4.78, 5) is 20.4. The van der Waals surface area contributed by atoms with Gasteiger partial charge in [-0.05, 0) is 55.3 Å². The molecule has 4 nitrogen and oxygen atoms in total. The summed E-state index contributed by atoms with van der Waals surface area (Å²) in [5.41, 5.74) is 2.95. The number of anilines is 1. The summed E-state index contributed by atoms with van der Waals surface area (Å²) in [6, 6.07) is 15.7. The molecule has 1 fully saturated rings. The van der Waals surface area contributed by atoms with E-state index in [1.807, 2.05) is 48.5 Å². The summed E-state index contributed by atoms with van der Waals surface area (Å²) in [5.74, 6) is -0.131. The smallest absolute Gasteiger partial charge is 0.257 e. The van der Waals surface area contributed by atoms with Gasteiger partial charge in [0.15, 0.2) is 5.13 Å². The van der Waals surface area contributed by atoms with Crippen LogP contribution in [0.5, 0.6) is 0 Å². The molecule has 0 unspecified atom stereocenters. The molecule has 1 amide bonds. The van der Waals surface area contributed by atoms with E-state index in [1.165, 1.54) is 49.3 Å². The van der Waals surface area contributed by atoms with Crippen molar-refractivity contribution in [2.24, 2.45) is 0 Å². The molecule has 1 aliphatic heterocycles. The highest BCUT2D eigenvalue weighted by atomic mass is 35.5. The van der Waals surface area contributed by atoms with Crippen molar-refractivity contribution in [3.8, 4) is 0 Å². The number of piperidine rings is 1. The number of halogens is 1. The Bertz CT molecular complexity index is 964. The number of amides is 1. The normalized spacial score (nSPS) is 14.7. The Kier molecular flexibility index (Phi) is 6.60. The third-order valence-electron chi connectivity index (χ3n) is 5.17. The summed E-state index contributed by atoms with van der Waals surface area (Å²) < 4.78 is 0. The molecule has 4 rings (SSSR count). The molecule has 0 atom stereocenters. The second kappa shape index (κ2) is 9.53. The molecule has 1 aromatic heterocycles. The van der Waals surface area contributed by atoms with E-state index >= 15 is 0 Å². The summed E-state index contributed by atoms with van der Waals surface area (Å²) >= 11 is 7.71. The van der Waals surface area contributed by atoms with E-state index < -0.39 is 0 Å². The molecule has 0 spiro atoms. The third-order valence-corrected chi connectivity index (χ3v) is 6.45. The summed E-state index contributed by atoms with van der Waals surface area (Å²) in [7, 11) is 0. The lowest BCUT2D eigenvalue weighted by Gasteiger charge is -2.26. The van der Waals surface area contributed by atoms with Crippen LogP contribution in [0.2, 0.25) is 5.02 Å². The number of nitrogens with zero attached hydrogens (tertiary/aromatic N) is 2. The second-order valence-electron chi connectivity index (χ2n) is 7.39. The highest BCUT2D eigenvalue weighted by molar-refractivity contribution is 7.15. The number of carbonyl (C=O) groups is 1. The molecular weight excluding hydrogens is 402 g/mol. The maximum absolute atomic E-state index is 12.6. The van der Waals surface area contributed by atoms with Crippen LogP contribution in [0.3, 0.4) is 0 Å². The fourth-order valence-corrected chi connectivity index (χ4v) is 4.62. The monoisotopic (exact) mass is 425 g/mol. The van der Waals surface area contributed by atoms with Crippen molar-refractivity contribution < 1.29 is 4.79 Å². The molecule has 1 N–H and O–H groups in total. The van der Waals surface area contributed by atoms with Gasteiger partial charge in [0, 0.05) is 34.6 Å². The molecule has 1 aliphatic rings. The minimum Gasteiger partial charge on any atom is -0.299 e. The molecule has 0 radical (unpaired) electrons. The predicted molar refractivity (Wildman–Crippen MR) is 120 cm³/mol. The van der Waals surface area contributed by atoms with E-state index in [0.717, 1.165) is 22.0 Å². The van der Waals surface area contributed by atoms with Gasteiger partial charge in [-0.25, -0.2) is 4.98 Å². The van der Waals surface area contributed by atoms with Crippen LogP contribution >= 0.6 is 22.9 Å². The highest BCUT2D eigenvalue weighted by Gasteiger charge is 2.13. The van der Waals surface area contributed by atoms with Gasteiger partial charge in [0.2, 0.25) is 0 Å². The number of nitrogens with one attached hydrogen (secondary N) is 1. The second-order valence-corrected chi connectivity index (χ2v) is 8.91. The fourth-order valence-electron chi connectivity index (χ4n) is 3.58. The van der Waals surface area contributed by atoms with Crippen LogP contribution in [0, 0.1) is 0 Å². The van der Waals surface area contributed by atoms with Gasteiger partial charge in [-0.15, -0.1) is 11.3 Å². The average Bonchev–Trinajstić information content (AvgIpc) is 3.18. The Balaban J connectivity index is 1.34. The van der Waals surface area contributed by atoms with Crippen LogP contribution in [0.15, 0.2) is 54.7 Å². The summed E-state index contributed by atoms with van der Waals surface area (Å²) in [5, 5.41) is 4.26. The van der Waals surface area contributed by atoms with E-state index in [-0.39, 0.29) is 5.91 Å². The number of rotatable bonds is 6. The zero-order valence-corrected chi connectivity index (χ0v) is 17.8. The predicted octanol–water partition coefficient (Wildman–Crippen LogP) is 5.63. The molecule has 2 heterocycles. The van der Waals surface area contributed by atoms with Crippen molar-refractivity contribution in [2.75, 3.05) is 18.4 Å². The van der Waals surface area contributed by atoms with Gasteiger partial charge >= 0.3 is 0 Å². The van der Waals surface area contributed by atoms with Crippen LogP contribution in [0.1, 0.15) is 45.6 Å². The third kappa shape index (κ3) is 5.44. The zero-order valence-electron chi connectivity index (χ0n) is 16.2. The van der Waals surface area contributed by atoms with Crippen LogP contribution in [-0.4, -0.2) is 28.9 Å². The number of aromatic nitrogens is 1. The van der Waals surface area contributed by atoms with Crippen LogP contribution in [0.4, 0.5) is 5.13 Å². The first-order valence-electron chi connectivity index (χ1n) is 9.98. The molecule has 29 heavy (non-hydrogen) atoms. The van der Waals surface area contributed by atoms with Crippen molar-refractivity contribution in [3.63, 3.8) is 0 Å². The van der Waals surface area contributed by atoms with Crippen LogP contribution < -0.4 is 5.32 Å². The van der Waals surface area contributed by atoms with Crippen LogP contribution in [-0.2, 0) is 13.0 Å². The lowest BCUT2D eigenvalue weighted by molar-refractivity contribution is 0.102. The molecule has 0 saturated carbocycles. The lowest BCUT2D eigenvalue weighted by atomic mass is 10.1. The van der Waals surface area contributed by atoms with Crippen LogP contribution in [0.25, 0.3) is 0 Å². The van der Waals surface area contributed by atoms with Crippen molar-refractivity contribution >= 4 is 34.0 Å². The SMILES string of the molecule is O=C(Nc1ncc(Cc2ccccc2Cl)s1)c1ccc(CN2CCCCC2)cc1. The number of hydrogen-bond acceptors (Lipinski definition) is 4. The van der Waals surface area contributed by atoms with Crippen molar-refractivity contribution in [1.29, 1.82) is 0 Å². The van der Waals surface area contributed by atoms with Crippen molar-refractivity contribution in [3.05, 3.63) is 81.3 Å². The van der Waals surface area contributed by atoms with Crippen molar-refractivity contribution in [2.45, 2.75) is 32.2 Å². The van der Waals surface area contributed by atoms with Gasteiger partial charge in [-0.1, -0.05) is 48.4 Å². The first-order chi connectivity index (χ1) is 14.2. The molecule has 6 heteroatoms. The topological polar surface area (TPSA) is 45.2 Å².